The van der Waals surface area contributed by atoms with Gasteiger partial charge in [0.15, 0.2) is 0 Å². The number of carbonyl (C=O) groups is 2. The number of carbonyl (C=O) groups excluding carboxylic acids is 1. The summed E-state index contributed by atoms with van der Waals surface area (Å²) in [7, 11) is 0. The van der Waals surface area contributed by atoms with Gasteiger partial charge in [-0.3, -0.25) is 4.79 Å². The van der Waals surface area contributed by atoms with Gasteiger partial charge in [-0.15, -0.1) is 0 Å². The second-order valence-corrected chi connectivity index (χ2v) is 4.73. The van der Waals surface area contributed by atoms with E-state index in [1.807, 2.05) is 19.9 Å². The number of furan rings is 1. The predicted octanol–water partition coefficient (Wildman–Crippen LogP) is 2.01. The zero-order valence-corrected chi connectivity index (χ0v) is 11.9. The molecule has 0 radical (unpaired) electrons. The van der Waals surface area contributed by atoms with Crippen LogP contribution in [0.15, 0.2) is 22.8 Å². The first kappa shape index (κ1) is 16.1. The number of hydrogen-bond donors (Lipinski definition) is 3. The van der Waals surface area contributed by atoms with Gasteiger partial charge in [-0.05, 0) is 25.0 Å². The van der Waals surface area contributed by atoms with Gasteiger partial charge >= 0.3 is 12.0 Å². The van der Waals surface area contributed by atoms with Crippen molar-refractivity contribution in [2.24, 2.45) is 5.41 Å². The normalized spacial score (nSPS) is 11.1. The molecule has 1 heterocycles. The molecule has 0 saturated carbocycles. The number of carboxylic acid groups (broad SMARTS) is 1. The number of urea groups is 1. The first-order valence-corrected chi connectivity index (χ1v) is 6.81. The van der Waals surface area contributed by atoms with Crippen molar-refractivity contribution in [1.29, 1.82) is 0 Å². The fourth-order valence-electron chi connectivity index (χ4n) is 1.94. The van der Waals surface area contributed by atoms with Gasteiger partial charge in [-0.1, -0.05) is 13.8 Å². The standard InChI is InChI=1S/C14H22N2O4/c1-3-14(4-2,12(17)18)10-16-13(19)15-8-7-11-6-5-9-20-11/h5-6,9H,3-4,7-8,10H2,1-2H3,(H,17,18)(H2,15,16,19). The lowest BCUT2D eigenvalue weighted by Gasteiger charge is -2.26. The summed E-state index contributed by atoms with van der Waals surface area (Å²) in [5.74, 6) is -0.0781. The molecular formula is C14H22N2O4. The van der Waals surface area contributed by atoms with Crippen molar-refractivity contribution in [1.82, 2.24) is 10.6 Å². The molecule has 2 amide bonds. The molecule has 0 spiro atoms. The third-order valence-electron chi connectivity index (χ3n) is 3.63. The maximum atomic E-state index is 11.6. The van der Waals surface area contributed by atoms with Gasteiger partial charge in [0.2, 0.25) is 0 Å². The molecule has 0 aromatic carbocycles. The molecule has 1 aromatic rings. The van der Waals surface area contributed by atoms with Crippen LogP contribution < -0.4 is 10.6 Å². The van der Waals surface area contributed by atoms with Crippen molar-refractivity contribution in [3.63, 3.8) is 0 Å². The van der Waals surface area contributed by atoms with Gasteiger partial charge in [0.05, 0.1) is 11.7 Å². The molecule has 0 bridgehead atoms. The van der Waals surface area contributed by atoms with E-state index >= 15 is 0 Å². The highest BCUT2D eigenvalue weighted by molar-refractivity contribution is 5.78. The number of carboxylic acids is 1. The summed E-state index contributed by atoms with van der Waals surface area (Å²) in [6.07, 6.45) is 3.14. The van der Waals surface area contributed by atoms with Crippen LogP contribution in [0.1, 0.15) is 32.4 Å². The first-order chi connectivity index (χ1) is 9.54. The van der Waals surface area contributed by atoms with E-state index in [2.05, 4.69) is 10.6 Å². The lowest BCUT2D eigenvalue weighted by atomic mass is 9.82. The smallest absolute Gasteiger partial charge is 0.314 e. The molecule has 3 N–H and O–H groups in total. The number of hydrogen-bond acceptors (Lipinski definition) is 3. The molecule has 20 heavy (non-hydrogen) atoms. The highest BCUT2D eigenvalue weighted by Crippen LogP contribution is 2.25. The molecule has 112 valence electrons. The summed E-state index contributed by atoms with van der Waals surface area (Å²) in [6.45, 7) is 4.20. The van der Waals surface area contributed by atoms with Crippen LogP contribution in [-0.4, -0.2) is 30.2 Å². The topological polar surface area (TPSA) is 91.6 Å². The monoisotopic (exact) mass is 282 g/mol. The van der Waals surface area contributed by atoms with Gasteiger partial charge in [0.25, 0.3) is 0 Å². The van der Waals surface area contributed by atoms with Gasteiger partial charge in [0, 0.05) is 19.5 Å². The molecule has 0 saturated heterocycles. The fourth-order valence-corrected chi connectivity index (χ4v) is 1.94. The maximum Gasteiger partial charge on any atom is 0.314 e. The van der Waals surface area contributed by atoms with Crippen molar-refractivity contribution in [3.05, 3.63) is 24.2 Å². The van der Waals surface area contributed by atoms with E-state index in [4.69, 9.17) is 4.42 Å². The lowest BCUT2D eigenvalue weighted by molar-refractivity contribution is -0.149. The van der Waals surface area contributed by atoms with E-state index in [1.54, 1.807) is 12.3 Å². The van der Waals surface area contributed by atoms with Crippen LogP contribution in [0, 0.1) is 5.41 Å². The van der Waals surface area contributed by atoms with E-state index < -0.39 is 11.4 Å². The van der Waals surface area contributed by atoms with E-state index in [0.29, 0.717) is 25.8 Å². The molecule has 0 atom stereocenters. The Kier molecular flexibility index (Phi) is 6.09. The van der Waals surface area contributed by atoms with Crippen LogP contribution in [0.25, 0.3) is 0 Å². The van der Waals surface area contributed by atoms with Crippen molar-refractivity contribution in [3.8, 4) is 0 Å². The molecule has 6 heteroatoms. The van der Waals surface area contributed by atoms with Gasteiger partial charge in [-0.2, -0.15) is 0 Å². The minimum absolute atomic E-state index is 0.127. The Morgan fingerprint density at radius 2 is 2.00 bits per heavy atom. The second kappa shape index (κ2) is 7.57. The Bertz CT molecular complexity index is 424. The molecule has 0 aliphatic heterocycles. The van der Waals surface area contributed by atoms with Gasteiger partial charge in [-0.25, -0.2) is 4.79 Å². The summed E-state index contributed by atoms with van der Waals surface area (Å²) < 4.78 is 5.15. The van der Waals surface area contributed by atoms with Crippen molar-refractivity contribution in [2.75, 3.05) is 13.1 Å². The first-order valence-electron chi connectivity index (χ1n) is 6.81. The molecule has 1 aromatic heterocycles. The minimum atomic E-state index is -0.891. The Balaban J connectivity index is 2.33. The zero-order valence-electron chi connectivity index (χ0n) is 11.9. The van der Waals surface area contributed by atoms with Gasteiger partial charge in [0.1, 0.15) is 5.76 Å². The van der Waals surface area contributed by atoms with E-state index in [0.717, 1.165) is 5.76 Å². The number of aliphatic carboxylic acids is 1. The number of amides is 2. The maximum absolute atomic E-state index is 11.6. The number of rotatable bonds is 8. The predicted molar refractivity (Wildman–Crippen MR) is 74.5 cm³/mol. The summed E-state index contributed by atoms with van der Waals surface area (Å²) in [6, 6.07) is 3.27. The molecule has 6 nitrogen and oxygen atoms in total. The second-order valence-electron chi connectivity index (χ2n) is 4.73. The van der Waals surface area contributed by atoms with Crippen LogP contribution >= 0.6 is 0 Å². The number of nitrogens with one attached hydrogen (secondary N) is 2. The van der Waals surface area contributed by atoms with Crippen molar-refractivity contribution >= 4 is 12.0 Å². The molecule has 0 aliphatic carbocycles. The van der Waals surface area contributed by atoms with Crippen LogP contribution in [0.2, 0.25) is 0 Å². The average molecular weight is 282 g/mol. The molecule has 0 aliphatic rings. The highest BCUT2D eigenvalue weighted by atomic mass is 16.4. The fraction of sp³-hybridized carbons (Fsp3) is 0.571. The zero-order chi connectivity index (χ0) is 15.0. The largest absolute Gasteiger partial charge is 0.481 e. The van der Waals surface area contributed by atoms with E-state index in [1.165, 1.54) is 0 Å². The Morgan fingerprint density at radius 3 is 2.50 bits per heavy atom. The molecular weight excluding hydrogens is 260 g/mol. The quantitative estimate of drug-likeness (QED) is 0.680. The third-order valence-corrected chi connectivity index (χ3v) is 3.63. The van der Waals surface area contributed by atoms with Crippen LogP contribution in [0.3, 0.4) is 0 Å². The van der Waals surface area contributed by atoms with Crippen LogP contribution in [0.5, 0.6) is 0 Å². The summed E-state index contributed by atoms with van der Waals surface area (Å²) >= 11 is 0. The van der Waals surface area contributed by atoms with E-state index in [9.17, 15) is 14.7 Å². The summed E-state index contributed by atoms with van der Waals surface area (Å²) in [4.78, 5) is 22.9. The van der Waals surface area contributed by atoms with Gasteiger partial charge < -0.3 is 20.2 Å². The van der Waals surface area contributed by atoms with Crippen LogP contribution in [0.4, 0.5) is 4.79 Å². The van der Waals surface area contributed by atoms with Crippen molar-refractivity contribution < 1.29 is 19.1 Å². The summed E-state index contributed by atoms with van der Waals surface area (Å²) in [5.41, 5.74) is -0.891. The Hall–Kier alpha value is -1.98. The lowest BCUT2D eigenvalue weighted by Crippen LogP contribution is -2.46. The van der Waals surface area contributed by atoms with Crippen LogP contribution in [-0.2, 0) is 11.2 Å². The minimum Gasteiger partial charge on any atom is -0.481 e. The Morgan fingerprint density at radius 1 is 1.30 bits per heavy atom. The SMILES string of the molecule is CCC(CC)(CNC(=O)NCCc1ccco1)C(=O)O. The molecule has 0 unspecified atom stereocenters. The summed E-state index contributed by atoms with van der Waals surface area (Å²) in [5, 5.41) is 14.6. The molecule has 0 fully saturated rings. The highest BCUT2D eigenvalue weighted by Gasteiger charge is 2.35. The molecule has 1 rings (SSSR count). The third kappa shape index (κ3) is 4.29. The average Bonchev–Trinajstić information content (AvgIpc) is 2.93. The van der Waals surface area contributed by atoms with E-state index in [-0.39, 0.29) is 12.6 Å². The van der Waals surface area contributed by atoms with Crippen molar-refractivity contribution in [2.45, 2.75) is 33.1 Å². The Labute approximate surface area is 118 Å².